The fraction of sp³-hybridized carbons (Fsp3) is 0.474. The Balaban J connectivity index is 1.79. The molecule has 2 aromatic rings. The van der Waals surface area contributed by atoms with Crippen LogP contribution in [0.2, 0.25) is 0 Å². The minimum absolute atomic E-state index is 0.238. The molecule has 1 aromatic carbocycles. The molecule has 0 radical (unpaired) electrons. The molecular formula is C19H24N4O. The Hall–Kier alpha value is -2.14. The van der Waals surface area contributed by atoms with E-state index in [0.29, 0.717) is 12.5 Å². The Kier molecular flexibility index (Phi) is 3.88. The third kappa shape index (κ3) is 2.63. The predicted molar refractivity (Wildman–Crippen MR) is 95.1 cm³/mol. The standard InChI is InChI=1S/C19H24N4O/c1-22-11-9-15(10-12-22)23-16-3-2-4-17(24)18(16)19(21-23)13-5-7-14(20)8-6-13/h5-8,15H,2-4,9-12,20H2,1H3. The van der Waals surface area contributed by atoms with E-state index < -0.39 is 0 Å². The second-order valence-corrected chi connectivity index (χ2v) is 7.05. The second kappa shape index (κ2) is 6.06. The molecule has 1 saturated heterocycles. The van der Waals surface area contributed by atoms with Gasteiger partial charge in [0, 0.05) is 17.7 Å². The second-order valence-electron chi connectivity index (χ2n) is 7.05. The van der Waals surface area contributed by atoms with Gasteiger partial charge in [0.25, 0.3) is 0 Å². The SMILES string of the molecule is CN1CCC(n2nc(-c3ccc(N)cc3)c3c2CCCC3=O)CC1. The number of benzene rings is 1. The van der Waals surface area contributed by atoms with Crippen molar-refractivity contribution < 1.29 is 4.79 Å². The van der Waals surface area contributed by atoms with Crippen LogP contribution in [0.4, 0.5) is 5.69 Å². The molecule has 0 atom stereocenters. The minimum Gasteiger partial charge on any atom is -0.399 e. The molecule has 2 heterocycles. The van der Waals surface area contributed by atoms with Crippen LogP contribution in [0, 0.1) is 0 Å². The number of piperidine rings is 1. The maximum absolute atomic E-state index is 12.6. The first-order chi connectivity index (χ1) is 11.6. The van der Waals surface area contributed by atoms with Gasteiger partial charge in [-0.05, 0) is 58.0 Å². The van der Waals surface area contributed by atoms with Crippen molar-refractivity contribution >= 4 is 11.5 Å². The van der Waals surface area contributed by atoms with Gasteiger partial charge in [0.05, 0.1) is 17.3 Å². The van der Waals surface area contributed by atoms with Crippen LogP contribution < -0.4 is 5.73 Å². The molecule has 2 aliphatic rings. The lowest BCUT2D eigenvalue weighted by molar-refractivity contribution is 0.0971. The van der Waals surface area contributed by atoms with E-state index in [2.05, 4.69) is 16.6 Å². The van der Waals surface area contributed by atoms with Crippen molar-refractivity contribution in [3.63, 3.8) is 0 Å². The largest absolute Gasteiger partial charge is 0.399 e. The van der Waals surface area contributed by atoms with Gasteiger partial charge in [-0.3, -0.25) is 9.48 Å². The predicted octanol–water partition coefficient (Wildman–Crippen LogP) is 2.92. The van der Waals surface area contributed by atoms with Crippen LogP contribution in [0.25, 0.3) is 11.3 Å². The lowest BCUT2D eigenvalue weighted by Gasteiger charge is -2.30. The average Bonchev–Trinajstić information content (AvgIpc) is 2.97. The number of carbonyl (C=O) groups excluding carboxylic acids is 1. The fourth-order valence-electron chi connectivity index (χ4n) is 3.93. The normalized spacial score (nSPS) is 19.5. The number of Topliss-reactive ketones (excluding diaryl/α,β-unsaturated/α-hetero) is 1. The molecule has 5 nitrogen and oxygen atoms in total. The number of ketones is 1. The van der Waals surface area contributed by atoms with Crippen LogP contribution in [0.3, 0.4) is 0 Å². The van der Waals surface area contributed by atoms with Crippen molar-refractivity contribution in [2.75, 3.05) is 25.9 Å². The molecule has 1 aliphatic carbocycles. The highest BCUT2D eigenvalue weighted by Crippen LogP contribution is 2.35. The van der Waals surface area contributed by atoms with Gasteiger partial charge in [-0.1, -0.05) is 12.1 Å². The number of hydrogen-bond acceptors (Lipinski definition) is 4. The van der Waals surface area contributed by atoms with Gasteiger partial charge in [-0.2, -0.15) is 5.10 Å². The summed E-state index contributed by atoms with van der Waals surface area (Å²) in [5.74, 6) is 0.238. The van der Waals surface area contributed by atoms with Gasteiger partial charge in [0.1, 0.15) is 5.69 Å². The topological polar surface area (TPSA) is 64.2 Å². The van der Waals surface area contributed by atoms with E-state index in [0.717, 1.165) is 67.0 Å². The number of nitrogens with two attached hydrogens (primary N) is 1. The minimum atomic E-state index is 0.238. The maximum Gasteiger partial charge on any atom is 0.166 e. The number of nitrogens with zero attached hydrogens (tertiary/aromatic N) is 3. The molecule has 24 heavy (non-hydrogen) atoms. The molecule has 1 aliphatic heterocycles. The van der Waals surface area contributed by atoms with Crippen molar-refractivity contribution in [3.05, 3.63) is 35.5 Å². The van der Waals surface area contributed by atoms with Crippen LogP contribution in [-0.4, -0.2) is 40.6 Å². The van der Waals surface area contributed by atoms with Gasteiger partial charge in [-0.25, -0.2) is 0 Å². The van der Waals surface area contributed by atoms with Gasteiger partial charge >= 0.3 is 0 Å². The Morgan fingerprint density at radius 2 is 1.83 bits per heavy atom. The van der Waals surface area contributed by atoms with Crippen molar-refractivity contribution in [3.8, 4) is 11.3 Å². The highest BCUT2D eigenvalue weighted by atomic mass is 16.1. The molecule has 0 spiro atoms. The number of nitrogen functional groups attached to an aromatic ring is 1. The molecule has 126 valence electrons. The summed E-state index contributed by atoms with van der Waals surface area (Å²) in [5, 5.41) is 4.93. The molecule has 0 bridgehead atoms. The number of fused-ring (bicyclic) bond motifs is 1. The molecule has 5 heteroatoms. The van der Waals surface area contributed by atoms with Crippen LogP contribution in [0.15, 0.2) is 24.3 Å². The first-order valence-electron chi connectivity index (χ1n) is 8.82. The quantitative estimate of drug-likeness (QED) is 0.863. The number of rotatable bonds is 2. The van der Waals surface area contributed by atoms with E-state index in [9.17, 15) is 4.79 Å². The van der Waals surface area contributed by atoms with E-state index in [-0.39, 0.29) is 5.78 Å². The number of hydrogen-bond donors (Lipinski definition) is 1. The fourth-order valence-corrected chi connectivity index (χ4v) is 3.93. The number of carbonyl (C=O) groups is 1. The van der Waals surface area contributed by atoms with E-state index in [1.54, 1.807) is 0 Å². The van der Waals surface area contributed by atoms with E-state index in [1.165, 1.54) is 0 Å². The van der Waals surface area contributed by atoms with Crippen LogP contribution in [0.1, 0.15) is 47.8 Å². The van der Waals surface area contributed by atoms with E-state index >= 15 is 0 Å². The highest BCUT2D eigenvalue weighted by Gasteiger charge is 2.31. The van der Waals surface area contributed by atoms with Crippen LogP contribution in [0.5, 0.6) is 0 Å². The lowest BCUT2D eigenvalue weighted by atomic mass is 9.92. The molecule has 0 saturated carbocycles. The van der Waals surface area contributed by atoms with Crippen LogP contribution >= 0.6 is 0 Å². The van der Waals surface area contributed by atoms with E-state index in [1.807, 2.05) is 24.3 Å². The maximum atomic E-state index is 12.6. The number of likely N-dealkylation sites (tertiary alicyclic amines) is 1. The molecule has 0 amide bonds. The smallest absolute Gasteiger partial charge is 0.166 e. The molecule has 2 N–H and O–H groups in total. The third-order valence-electron chi connectivity index (χ3n) is 5.32. The summed E-state index contributed by atoms with van der Waals surface area (Å²) in [6, 6.07) is 8.11. The summed E-state index contributed by atoms with van der Waals surface area (Å²) in [7, 11) is 2.16. The zero-order valence-corrected chi connectivity index (χ0v) is 14.2. The van der Waals surface area contributed by atoms with Gasteiger partial charge in [0.2, 0.25) is 0 Å². The Bertz CT molecular complexity index is 754. The molecule has 1 fully saturated rings. The molecular weight excluding hydrogens is 300 g/mol. The monoisotopic (exact) mass is 324 g/mol. The van der Waals surface area contributed by atoms with E-state index in [4.69, 9.17) is 10.8 Å². The summed E-state index contributed by atoms with van der Waals surface area (Å²) in [5.41, 5.74) is 10.4. The summed E-state index contributed by atoms with van der Waals surface area (Å²) in [6.45, 7) is 2.18. The first-order valence-corrected chi connectivity index (χ1v) is 8.82. The Labute approximate surface area is 142 Å². The zero-order valence-electron chi connectivity index (χ0n) is 14.2. The summed E-state index contributed by atoms with van der Waals surface area (Å²) in [4.78, 5) is 15.0. The van der Waals surface area contributed by atoms with Crippen molar-refractivity contribution in [2.45, 2.75) is 38.1 Å². The molecule has 1 aromatic heterocycles. The number of aromatic nitrogens is 2. The zero-order chi connectivity index (χ0) is 16.7. The Morgan fingerprint density at radius 1 is 1.12 bits per heavy atom. The van der Waals surface area contributed by atoms with Crippen molar-refractivity contribution in [1.82, 2.24) is 14.7 Å². The first kappa shape index (κ1) is 15.4. The third-order valence-corrected chi connectivity index (χ3v) is 5.32. The van der Waals surface area contributed by atoms with Gasteiger partial charge in [0.15, 0.2) is 5.78 Å². The highest BCUT2D eigenvalue weighted by molar-refractivity contribution is 6.03. The van der Waals surface area contributed by atoms with Crippen molar-refractivity contribution in [1.29, 1.82) is 0 Å². The number of anilines is 1. The Morgan fingerprint density at radius 3 is 2.54 bits per heavy atom. The van der Waals surface area contributed by atoms with Gasteiger partial charge in [-0.15, -0.1) is 0 Å². The summed E-state index contributed by atoms with van der Waals surface area (Å²) in [6.07, 6.45) is 4.72. The summed E-state index contributed by atoms with van der Waals surface area (Å²) >= 11 is 0. The van der Waals surface area contributed by atoms with Crippen LogP contribution in [-0.2, 0) is 6.42 Å². The average molecular weight is 324 g/mol. The lowest BCUT2D eigenvalue weighted by Crippen LogP contribution is -2.32. The summed E-state index contributed by atoms with van der Waals surface area (Å²) < 4.78 is 2.17. The molecule has 4 rings (SSSR count). The molecule has 0 unspecified atom stereocenters. The van der Waals surface area contributed by atoms with Gasteiger partial charge < -0.3 is 10.6 Å². The van der Waals surface area contributed by atoms with Crippen molar-refractivity contribution in [2.24, 2.45) is 0 Å².